The number of fused-ring (bicyclic) bond motifs is 7. The molecule has 0 saturated carbocycles. The van der Waals surface area contributed by atoms with E-state index in [1.54, 1.807) is 0 Å². The van der Waals surface area contributed by atoms with Gasteiger partial charge in [-0.1, -0.05) is 92.7 Å². The predicted molar refractivity (Wildman–Crippen MR) is 134 cm³/mol. The Bertz CT molecular complexity index is 1700. The molecule has 0 fully saturated rings. The minimum absolute atomic E-state index is 0.0515. The van der Waals surface area contributed by atoms with Crippen molar-refractivity contribution in [3.8, 4) is 11.1 Å². The molecule has 0 unspecified atom stereocenters. The van der Waals surface area contributed by atoms with Gasteiger partial charge in [-0.2, -0.15) is 0 Å². The summed E-state index contributed by atoms with van der Waals surface area (Å²) in [6.45, 7) is 4.76. The molecular formula is C31H22. The zero-order valence-corrected chi connectivity index (χ0v) is 17.7. The zero-order chi connectivity index (χ0) is 20.7. The van der Waals surface area contributed by atoms with Crippen LogP contribution < -0.4 is 0 Å². The molecule has 0 atom stereocenters. The molecule has 146 valence electrons. The molecule has 0 bridgehead atoms. The van der Waals surface area contributed by atoms with Gasteiger partial charge in [-0.15, -0.1) is 0 Å². The van der Waals surface area contributed by atoms with Gasteiger partial charge in [0.25, 0.3) is 0 Å². The lowest BCUT2D eigenvalue weighted by Crippen LogP contribution is -2.23. The summed E-state index contributed by atoms with van der Waals surface area (Å²) >= 11 is 0. The van der Waals surface area contributed by atoms with E-state index in [4.69, 9.17) is 0 Å². The molecule has 0 saturated heterocycles. The fraction of sp³-hybridized carbons (Fsp3) is 0.0968. The summed E-state index contributed by atoms with van der Waals surface area (Å²) < 4.78 is 0. The molecule has 0 N–H and O–H groups in total. The first kappa shape index (κ1) is 17.1. The standard InChI is InChI=1S/C31H22/c1-31(2)28-13-7-12-24-23-11-6-4-9-20(23)16-27(30(24)28)26-18-25-21(17-29(26)31)15-14-19-8-3-5-10-22(19)25/h3-18H,1-2H3. The van der Waals surface area contributed by atoms with Gasteiger partial charge in [0.1, 0.15) is 0 Å². The van der Waals surface area contributed by atoms with E-state index < -0.39 is 0 Å². The van der Waals surface area contributed by atoms with Crippen molar-refractivity contribution in [3.63, 3.8) is 0 Å². The summed E-state index contributed by atoms with van der Waals surface area (Å²) in [5, 5.41) is 10.7. The second-order valence-electron chi connectivity index (χ2n) is 9.40. The van der Waals surface area contributed by atoms with Crippen molar-refractivity contribution in [3.05, 3.63) is 108 Å². The van der Waals surface area contributed by atoms with Crippen LogP contribution in [-0.4, -0.2) is 0 Å². The average Bonchev–Trinajstić information content (AvgIpc) is 2.81. The van der Waals surface area contributed by atoms with Crippen LogP contribution >= 0.6 is 0 Å². The van der Waals surface area contributed by atoms with Gasteiger partial charge in [0, 0.05) is 5.41 Å². The lowest BCUT2D eigenvalue weighted by atomic mass is 9.67. The fourth-order valence-electron chi connectivity index (χ4n) is 5.84. The number of hydrogen-bond donors (Lipinski definition) is 0. The largest absolute Gasteiger partial charge is 0.0616 e. The maximum absolute atomic E-state index is 2.45. The molecule has 0 heteroatoms. The molecule has 1 aliphatic rings. The van der Waals surface area contributed by atoms with Crippen molar-refractivity contribution in [1.82, 2.24) is 0 Å². The third-order valence-electron chi connectivity index (χ3n) is 7.40. The van der Waals surface area contributed by atoms with Crippen LogP contribution in [0.25, 0.3) is 54.2 Å². The lowest BCUT2D eigenvalue weighted by molar-refractivity contribution is 0.646. The first-order chi connectivity index (χ1) is 15.1. The SMILES string of the molecule is CC1(C)c2cc3ccc4ccccc4c3cc2-c2cc3ccccc3c3cccc1c23. The van der Waals surface area contributed by atoms with Crippen molar-refractivity contribution in [2.75, 3.05) is 0 Å². The Morgan fingerprint density at radius 1 is 0.452 bits per heavy atom. The van der Waals surface area contributed by atoms with Crippen LogP contribution in [0.4, 0.5) is 0 Å². The highest BCUT2D eigenvalue weighted by Crippen LogP contribution is 2.51. The molecule has 0 aliphatic heterocycles. The van der Waals surface area contributed by atoms with Gasteiger partial charge in [-0.3, -0.25) is 0 Å². The monoisotopic (exact) mass is 394 g/mol. The molecular weight excluding hydrogens is 372 g/mol. The summed E-state index contributed by atoms with van der Waals surface area (Å²) in [5.74, 6) is 0. The highest BCUT2D eigenvalue weighted by atomic mass is 14.4. The maximum Gasteiger partial charge on any atom is 0.0159 e. The molecule has 0 radical (unpaired) electrons. The number of rotatable bonds is 0. The van der Waals surface area contributed by atoms with Gasteiger partial charge in [0.15, 0.2) is 0 Å². The summed E-state index contributed by atoms with van der Waals surface area (Å²) in [7, 11) is 0. The first-order valence-corrected chi connectivity index (χ1v) is 11.0. The third-order valence-corrected chi connectivity index (χ3v) is 7.40. The third kappa shape index (κ3) is 2.15. The van der Waals surface area contributed by atoms with E-state index in [-0.39, 0.29) is 5.41 Å². The van der Waals surface area contributed by atoms with Crippen LogP contribution in [-0.2, 0) is 5.41 Å². The molecule has 0 nitrogen and oxygen atoms in total. The molecule has 7 rings (SSSR count). The number of hydrogen-bond acceptors (Lipinski definition) is 0. The highest BCUT2D eigenvalue weighted by Gasteiger charge is 2.34. The molecule has 0 aromatic heterocycles. The van der Waals surface area contributed by atoms with E-state index in [2.05, 4.69) is 111 Å². The van der Waals surface area contributed by atoms with Crippen LogP contribution in [0.1, 0.15) is 25.0 Å². The van der Waals surface area contributed by atoms with Gasteiger partial charge in [0.05, 0.1) is 0 Å². The highest BCUT2D eigenvalue weighted by molar-refractivity contribution is 6.18. The minimum atomic E-state index is -0.0515. The van der Waals surface area contributed by atoms with Gasteiger partial charge in [-0.05, 0) is 83.5 Å². The lowest BCUT2D eigenvalue weighted by Gasteiger charge is -2.36. The quantitative estimate of drug-likeness (QED) is 0.226. The van der Waals surface area contributed by atoms with Crippen molar-refractivity contribution < 1.29 is 0 Å². The Hall–Kier alpha value is -3.64. The molecule has 6 aromatic rings. The Labute approximate surface area is 181 Å². The van der Waals surface area contributed by atoms with Crippen LogP contribution in [0.5, 0.6) is 0 Å². The summed E-state index contributed by atoms with van der Waals surface area (Å²) in [5.41, 5.74) is 5.55. The van der Waals surface area contributed by atoms with E-state index >= 15 is 0 Å². The molecule has 0 amide bonds. The first-order valence-electron chi connectivity index (χ1n) is 11.0. The van der Waals surface area contributed by atoms with E-state index in [1.165, 1.54) is 65.3 Å². The van der Waals surface area contributed by atoms with E-state index in [9.17, 15) is 0 Å². The topological polar surface area (TPSA) is 0 Å². The van der Waals surface area contributed by atoms with Crippen molar-refractivity contribution in [2.45, 2.75) is 19.3 Å². The zero-order valence-electron chi connectivity index (χ0n) is 17.7. The molecule has 1 aliphatic carbocycles. The Balaban J connectivity index is 1.72. The molecule has 31 heavy (non-hydrogen) atoms. The second-order valence-corrected chi connectivity index (χ2v) is 9.40. The van der Waals surface area contributed by atoms with Crippen LogP contribution in [0, 0.1) is 0 Å². The summed E-state index contributed by atoms with van der Waals surface area (Å²) in [4.78, 5) is 0. The minimum Gasteiger partial charge on any atom is -0.0616 e. The van der Waals surface area contributed by atoms with Crippen molar-refractivity contribution in [2.24, 2.45) is 0 Å². The molecule has 6 aromatic carbocycles. The van der Waals surface area contributed by atoms with Gasteiger partial charge in [-0.25, -0.2) is 0 Å². The van der Waals surface area contributed by atoms with Gasteiger partial charge in [0.2, 0.25) is 0 Å². The summed E-state index contributed by atoms with van der Waals surface area (Å²) in [6.07, 6.45) is 0. The normalized spacial score (nSPS) is 14.4. The predicted octanol–water partition coefficient (Wildman–Crippen LogP) is 8.61. The van der Waals surface area contributed by atoms with E-state index in [0.29, 0.717) is 0 Å². The average molecular weight is 395 g/mol. The summed E-state index contributed by atoms with van der Waals surface area (Å²) in [6, 6.07) is 36.2. The van der Waals surface area contributed by atoms with Crippen molar-refractivity contribution >= 4 is 43.1 Å². The van der Waals surface area contributed by atoms with E-state index in [0.717, 1.165) is 0 Å². The fourth-order valence-corrected chi connectivity index (χ4v) is 5.84. The molecule has 0 spiro atoms. The van der Waals surface area contributed by atoms with Gasteiger partial charge >= 0.3 is 0 Å². The van der Waals surface area contributed by atoms with Crippen LogP contribution in [0.15, 0.2) is 97.1 Å². The van der Waals surface area contributed by atoms with E-state index in [1.807, 2.05) is 0 Å². The Morgan fingerprint density at radius 3 is 1.94 bits per heavy atom. The van der Waals surface area contributed by atoms with Crippen LogP contribution in [0.2, 0.25) is 0 Å². The maximum atomic E-state index is 2.45. The van der Waals surface area contributed by atoms with Gasteiger partial charge < -0.3 is 0 Å². The number of benzene rings is 6. The van der Waals surface area contributed by atoms with Crippen molar-refractivity contribution in [1.29, 1.82) is 0 Å². The smallest absolute Gasteiger partial charge is 0.0159 e. The Morgan fingerprint density at radius 2 is 1.10 bits per heavy atom. The second kappa shape index (κ2) is 5.74. The molecule has 0 heterocycles. The Kier molecular flexibility index (Phi) is 3.16. The van der Waals surface area contributed by atoms with Crippen LogP contribution in [0.3, 0.4) is 0 Å².